The molecule has 0 atom stereocenters. The second-order valence-electron chi connectivity index (χ2n) is 5.42. The fraction of sp³-hybridized carbons (Fsp3) is 0.0500. The molecule has 0 saturated carbocycles. The summed E-state index contributed by atoms with van der Waals surface area (Å²) in [6, 6.07) is 19.8. The minimum atomic E-state index is 0.245. The third-order valence-corrected chi connectivity index (χ3v) is 3.91. The molecule has 0 radical (unpaired) electrons. The summed E-state index contributed by atoms with van der Waals surface area (Å²) in [5.41, 5.74) is 3.45. The first-order valence-electron chi connectivity index (χ1n) is 7.59. The largest absolute Gasteiger partial charge is 0.454 e. The zero-order valence-corrected chi connectivity index (χ0v) is 12.8. The normalized spacial score (nSPS) is 12.9. The van der Waals surface area contributed by atoms with Crippen molar-refractivity contribution < 1.29 is 9.47 Å². The molecule has 0 unspecified atom stereocenters. The average Bonchev–Trinajstić information content (AvgIpc) is 3.31. The van der Waals surface area contributed by atoms with E-state index in [2.05, 4.69) is 6.07 Å². The molecule has 1 aliphatic rings. The van der Waals surface area contributed by atoms with Crippen LogP contribution in [0.2, 0.25) is 0 Å². The fourth-order valence-corrected chi connectivity index (χ4v) is 2.67. The molecule has 4 heteroatoms. The van der Waals surface area contributed by atoms with Crippen molar-refractivity contribution >= 4 is 11.6 Å². The standard InChI is InChI=1S/C20H14N2O2/c21-13-17(11-15-3-8-19-20(12-15)24-14-23-19)16-4-6-18(7-5-16)22-9-1-2-10-22/h1-12H,14H2. The van der Waals surface area contributed by atoms with Crippen molar-refractivity contribution in [1.82, 2.24) is 4.57 Å². The highest BCUT2D eigenvalue weighted by Crippen LogP contribution is 2.33. The number of rotatable bonds is 3. The summed E-state index contributed by atoms with van der Waals surface area (Å²) < 4.78 is 12.7. The fourth-order valence-electron chi connectivity index (χ4n) is 2.67. The van der Waals surface area contributed by atoms with Crippen LogP contribution in [-0.2, 0) is 0 Å². The number of fused-ring (bicyclic) bond motifs is 1. The van der Waals surface area contributed by atoms with E-state index in [1.165, 1.54) is 0 Å². The maximum atomic E-state index is 9.51. The Hall–Kier alpha value is -3.45. The van der Waals surface area contributed by atoms with E-state index in [1.54, 1.807) is 0 Å². The van der Waals surface area contributed by atoms with Gasteiger partial charge in [0.05, 0.1) is 11.6 Å². The first-order valence-corrected chi connectivity index (χ1v) is 7.59. The van der Waals surface area contributed by atoms with Crippen molar-refractivity contribution in [3.05, 3.63) is 78.1 Å². The summed E-state index contributed by atoms with van der Waals surface area (Å²) in [4.78, 5) is 0. The maximum Gasteiger partial charge on any atom is 0.231 e. The highest BCUT2D eigenvalue weighted by Gasteiger charge is 2.13. The molecule has 2 heterocycles. The van der Waals surface area contributed by atoms with E-state index in [-0.39, 0.29) is 6.79 Å². The van der Waals surface area contributed by atoms with Gasteiger partial charge in [0, 0.05) is 18.1 Å². The predicted molar refractivity (Wildman–Crippen MR) is 91.8 cm³/mol. The summed E-state index contributed by atoms with van der Waals surface area (Å²) in [7, 11) is 0. The number of benzene rings is 2. The first-order chi connectivity index (χ1) is 11.8. The lowest BCUT2D eigenvalue weighted by molar-refractivity contribution is 0.174. The van der Waals surface area contributed by atoms with E-state index in [4.69, 9.17) is 9.47 Å². The Balaban J connectivity index is 1.65. The van der Waals surface area contributed by atoms with Crippen LogP contribution in [0.25, 0.3) is 17.3 Å². The first kappa shape index (κ1) is 14.2. The predicted octanol–water partition coefficient (Wildman–Crippen LogP) is 4.27. The van der Waals surface area contributed by atoms with Crippen LogP contribution in [0.4, 0.5) is 0 Å². The van der Waals surface area contributed by atoms with E-state index in [9.17, 15) is 5.26 Å². The van der Waals surface area contributed by atoms with Gasteiger partial charge in [-0.2, -0.15) is 5.26 Å². The van der Waals surface area contributed by atoms with Gasteiger partial charge in [0.15, 0.2) is 11.5 Å². The Labute approximate surface area is 139 Å². The van der Waals surface area contributed by atoms with Crippen LogP contribution in [0.1, 0.15) is 11.1 Å². The molecule has 3 aromatic rings. The molecule has 0 amide bonds. The lowest BCUT2D eigenvalue weighted by atomic mass is 10.0. The monoisotopic (exact) mass is 314 g/mol. The number of allylic oxidation sites excluding steroid dienone is 1. The molecule has 4 rings (SSSR count). The van der Waals surface area contributed by atoms with Gasteiger partial charge < -0.3 is 14.0 Å². The minimum Gasteiger partial charge on any atom is -0.454 e. The third-order valence-electron chi connectivity index (χ3n) is 3.91. The van der Waals surface area contributed by atoms with Crippen molar-refractivity contribution in [2.45, 2.75) is 0 Å². The molecular weight excluding hydrogens is 300 g/mol. The summed E-state index contributed by atoms with van der Waals surface area (Å²) in [5, 5.41) is 9.51. The highest BCUT2D eigenvalue weighted by molar-refractivity contribution is 5.90. The lowest BCUT2D eigenvalue weighted by Crippen LogP contribution is -1.92. The van der Waals surface area contributed by atoms with Gasteiger partial charge in [-0.15, -0.1) is 0 Å². The van der Waals surface area contributed by atoms with Crippen LogP contribution in [0, 0.1) is 11.3 Å². The quantitative estimate of drug-likeness (QED) is 0.536. The van der Waals surface area contributed by atoms with Crippen molar-refractivity contribution in [2.75, 3.05) is 6.79 Å². The van der Waals surface area contributed by atoms with Crippen LogP contribution in [-0.4, -0.2) is 11.4 Å². The number of nitriles is 1. The van der Waals surface area contributed by atoms with Gasteiger partial charge in [0.2, 0.25) is 6.79 Å². The minimum absolute atomic E-state index is 0.245. The SMILES string of the molecule is N#CC(=Cc1ccc2c(c1)OCO2)c1ccc(-n2cccc2)cc1. The summed E-state index contributed by atoms with van der Waals surface area (Å²) in [6.45, 7) is 0.245. The number of hydrogen-bond acceptors (Lipinski definition) is 3. The van der Waals surface area contributed by atoms with Gasteiger partial charge in [-0.1, -0.05) is 18.2 Å². The van der Waals surface area contributed by atoms with E-state index < -0.39 is 0 Å². The molecule has 0 N–H and O–H groups in total. The van der Waals surface area contributed by atoms with Gasteiger partial charge in [0.1, 0.15) is 0 Å². The zero-order valence-electron chi connectivity index (χ0n) is 12.8. The second kappa shape index (κ2) is 5.98. The second-order valence-corrected chi connectivity index (χ2v) is 5.42. The lowest BCUT2D eigenvalue weighted by Gasteiger charge is -2.05. The summed E-state index contributed by atoms with van der Waals surface area (Å²) in [5.74, 6) is 1.45. The smallest absolute Gasteiger partial charge is 0.231 e. The number of ether oxygens (including phenoxy) is 2. The number of hydrogen-bond donors (Lipinski definition) is 0. The molecule has 0 aliphatic carbocycles. The maximum absolute atomic E-state index is 9.51. The molecule has 0 bridgehead atoms. The molecule has 116 valence electrons. The van der Waals surface area contributed by atoms with Gasteiger partial charge in [-0.05, 0) is 53.6 Å². The Bertz CT molecular complexity index is 933. The summed E-state index contributed by atoms with van der Waals surface area (Å²) >= 11 is 0. The third kappa shape index (κ3) is 2.64. The molecule has 1 aromatic heterocycles. The number of nitrogens with zero attached hydrogens (tertiary/aromatic N) is 2. The van der Waals surface area contributed by atoms with Crippen LogP contribution >= 0.6 is 0 Å². The number of aromatic nitrogens is 1. The Morgan fingerprint density at radius 3 is 2.50 bits per heavy atom. The van der Waals surface area contributed by atoms with Gasteiger partial charge in [0.25, 0.3) is 0 Å². The molecule has 0 fully saturated rings. The Morgan fingerprint density at radius 1 is 1.00 bits per heavy atom. The molecule has 4 nitrogen and oxygen atoms in total. The van der Waals surface area contributed by atoms with Gasteiger partial charge in [-0.25, -0.2) is 0 Å². The molecular formula is C20H14N2O2. The van der Waals surface area contributed by atoms with Crippen LogP contribution < -0.4 is 9.47 Å². The van der Waals surface area contributed by atoms with E-state index >= 15 is 0 Å². The van der Waals surface area contributed by atoms with E-state index in [0.717, 1.165) is 22.6 Å². The highest BCUT2D eigenvalue weighted by atomic mass is 16.7. The molecule has 2 aromatic carbocycles. The van der Waals surface area contributed by atoms with Crippen LogP contribution in [0.15, 0.2) is 67.0 Å². The van der Waals surface area contributed by atoms with Gasteiger partial charge >= 0.3 is 0 Å². The van der Waals surface area contributed by atoms with E-state index in [1.807, 2.05) is 77.6 Å². The van der Waals surface area contributed by atoms with Crippen molar-refractivity contribution in [1.29, 1.82) is 5.26 Å². The van der Waals surface area contributed by atoms with Gasteiger partial charge in [-0.3, -0.25) is 0 Å². The van der Waals surface area contributed by atoms with Crippen molar-refractivity contribution in [2.24, 2.45) is 0 Å². The van der Waals surface area contributed by atoms with Crippen LogP contribution in [0.3, 0.4) is 0 Å². The topological polar surface area (TPSA) is 47.2 Å². The average molecular weight is 314 g/mol. The Morgan fingerprint density at radius 2 is 1.75 bits per heavy atom. The summed E-state index contributed by atoms with van der Waals surface area (Å²) in [6.07, 6.45) is 5.83. The van der Waals surface area contributed by atoms with E-state index in [0.29, 0.717) is 11.3 Å². The zero-order chi connectivity index (χ0) is 16.4. The van der Waals surface area contributed by atoms with Crippen LogP contribution in [0.5, 0.6) is 11.5 Å². The van der Waals surface area contributed by atoms with Crippen molar-refractivity contribution in [3.8, 4) is 23.3 Å². The molecule has 0 saturated heterocycles. The Kier molecular flexibility index (Phi) is 3.53. The molecule has 0 spiro atoms. The molecule has 1 aliphatic heterocycles. The molecule has 24 heavy (non-hydrogen) atoms. The van der Waals surface area contributed by atoms with Crippen molar-refractivity contribution in [3.63, 3.8) is 0 Å².